The van der Waals surface area contributed by atoms with E-state index >= 15 is 0 Å². The van der Waals surface area contributed by atoms with E-state index < -0.39 is 26.2 Å². The Balaban J connectivity index is 0.000000208. The number of nitrogens with zero attached hydrogens (tertiary/aromatic N) is 5. The van der Waals surface area contributed by atoms with E-state index in [1.54, 1.807) is 12.1 Å². The van der Waals surface area contributed by atoms with Crippen LogP contribution in [0.5, 0.6) is 0 Å². The minimum Gasteiger partial charge on any atom is -0.354 e. The molecule has 35 heavy (non-hydrogen) atoms. The Morgan fingerprint density at radius 2 is 1.37 bits per heavy atom. The number of hydrogen-bond acceptors (Lipinski definition) is 9. The normalized spacial score (nSPS) is 10.7. The Hall–Kier alpha value is -2.31. The molecule has 0 bridgehead atoms. The quantitative estimate of drug-likeness (QED) is 0.105. The van der Waals surface area contributed by atoms with Gasteiger partial charge >= 0.3 is 16.6 Å². The third-order valence-corrected chi connectivity index (χ3v) is 4.46. The minimum absolute atomic E-state index is 0.0308. The van der Waals surface area contributed by atoms with Gasteiger partial charge in [0.15, 0.2) is 0 Å². The first-order valence-corrected chi connectivity index (χ1v) is 14.0. The molecule has 4 aromatic heterocycles. The fourth-order valence-corrected chi connectivity index (χ4v) is 2.87. The molecule has 184 valence electrons. The molecule has 0 aromatic carbocycles. The van der Waals surface area contributed by atoms with Crippen molar-refractivity contribution in [2.45, 2.75) is 0 Å². The van der Waals surface area contributed by atoms with E-state index in [2.05, 4.69) is 53.7 Å². The molecule has 12 nitrogen and oxygen atoms in total. The average Bonchev–Trinajstić information content (AvgIpc) is 2.74. The molecule has 4 aromatic rings. The SMILES string of the molecule is O=P(Cl)(Cl)Cl.O=[N+]([O-])c1cnc2ccc(Cl)nc2c1Cl.O=c1c([N+](=O)[O-])c[nH]c2ccc(Cl)nc12. The maximum atomic E-state index is 11.5. The molecule has 0 amide bonds. The Bertz CT molecular complexity index is 1540. The van der Waals surface area contributed by atoms with Crippen LogP contribution in [0.4, 0.5) is 11.4 Å². The molecular formula is C16H7Cl6N6O6P. The number of rotatable bonds is 2. The van der Waals surface area contributed by atoms with Gasteiger partial charge in [-0.05, 0) is 58.0 Å². The fourth-order valence-electron chi connectivity index (χ4n) is 2.32. The molecule has 0 unspecified atom stereocenters. The molecular weight excluding hydrogens is 616 g/mol. The van der Waals surface area contributed by atoms with Gasteiger partial charge in [0.1, 0.15) is 32.6 Å². The Morgan fingerprint density at radius 1 is 0.857 bits per heavy atom. The minimum atomic E-state index is -3.22. The fraction of sp³-hybridized carbons (Fsp3) is 0. The van der Waals surface area contributed by atoms with Crippen molar-refractivity contribution in [3.05, 3.63) is 82.4 Å². The second kappa shape index (κ2) is 12.1. The number of nitrogens with one attached hydrogen (secondary N) is 1. The maximum Gasteiger partial charge on any atom is 0.339 e. The molecule has 0 atom stereocenters. The van der Waals surface area contributed by atoms with Crippen LogP contribution in [0.15, 0.2) is 41.5 Å². The molecule has 19 heteroatoms. The molecule has 0 fully saturated rings. The molecule has 0 radical (unpaired) electrons. The zero-order chi connectivity index (χ0) is 26.5. The van der Waals surface area contributed by atoms with Gasteiger partial charge < -0.3 is 4.98 Å². The van der Waals surface area contributed by atoms with Crippen molar-refractivity contribution < 1.29 is 14.4 Å². The van der Waals surface area contributed by atoms with Crippen molar-refractivity contribution in [1.82, 2.24) is 19.9 Å². The van der Waals surface area contributed by atoms with Crippen LogP contribution in [0.25, 0.3) is 22.1 Å². The van der Waals surface area contributed by atoms with Crippen LogP contribution in [0, 0.1) is 20.2 Å². The predicted molar refractivity (Wildman–Crippen MR) is 135 cm³/mol. The highest BCUT2D eigenvalue weighted by atomic mass is 36.0. The van der Waals surface area contributed by atoms with Crippen molar-refractivity contribution in [2.24, 2.45) is 0 Å². The lowest BCUT2D eigenvalue weighted by atomic mass is 10.3. The summed E-state index contributed by atoms with van der Waals surface area (Å²) in [6.07, 6.45) is 2.14. The highest BCUT2D eigenvalue weighted by Crippen LogP contribution is 2.61. The Labute approximate surface area is 223 Å². The molecule has 0 aliphatic rings. The van der Waals surface area contributed by atoms with Gasteiger partial charge in [-0.2, -0.15) is 0 Å². The van der Waals surface area contributed by atoms with Crippen molar-refractivity contribution in [2.75, 3.05) is 0 Å². The summed E-state index contributed by atoms with van der Waals surface area (Å²) in [4.78, 5) is 45.3. The van der Waals surface area contributed by atoms with Gasteiger partial charge in [0.05, 0.1) is 27.1 Å². The molecule has 0 saturated carbocycles. The van der Waals surface area contributed by atoms with Gasteiger partial charge in [0, 0.05) is 0 Å². The molecule has 0 aliphatic carbocycles. The van der Waals surface area contributed by atoms with Gasteiger partial charge in [0.25, 0.3) is 5.43 Å². The van der Waals surface area contributed by atoms with E-state index in [-0.39, 0.29) is 32.0 Å². The molecule has 1 N–H and O–H groups in total. The molecule has 0 saturated heterocycles. The summed E-state index contributed by atoms with van der Waals surface area (Å²) >= 11 is 30.9. The average molecular weight is 623 g/mol. The third-order valence-electron chi connectivity index (χ3n) is 3.67. The Morgan fingerprint density at radius 3 is 1.91 bits per heavy atom. The molecule has 4 rings (SSSR count). The van der Waals surface area contributed by atoms with Crippen LogP contribution in [0.1, 0.15) is 0 Å². The number of H-pyrrole nitrogens is 1. The maximum absolute atomic E-state index is 11.5. The van der Waals surface area contributed by atoms with Crippen molar-refractivity contribution in [1.29, 1.82) is 0 Å². The van der Waals surface area contributed by atoms with Crippen molar-refractivity contribution >= 4 is 107 Å². The molecule has 4 heterocycles. The van der Waals surface area contributed by atoms with E-state index in [1.165, 1.54) is 12.1 Å². The van der Waals surface area contributed by atoms with Gasteiger partial charge in [-0.25, -0.2) is 15.0 Å². The summed E-state index contributed by atoms with van der Waals surface area (Å²) < 4.78 is 9.51. The van der Waals surface area contributed by atoms with Gasteiger partial charge in [-0.3, -0.25) is 29.6 Å². The van der Waals surface area contributed by atoms with Crippen LogP contribution >= 0.6 is 73.7 Å². The van der Waals surface area contributed by atoms with E-state index in [4.69, 9.17) is 34.8 Å². The highest BCUT2D eigenvalue weighted by molar-refractivity contribution is 8.24. The van der Waals surface area contributed by atoms with Crippen LogP contribution < -0.4 is 5.43 Å². The van der Waals surface area contributed by atoms with Crippen LogP contribution in [-0.4, -0.2) is 29.8 Å². The van der Waals surface area contributed by atoms with Crippen molar-refractivity contribution in [3.8, 4) is 0 Å². The number of halogens is 6. The lowest BCUT2D eigenvalue weighted by molar-refractivity contribution is -0.386. The smallest absolute Gasteiger partial charge is 0.339 e. The summed E-state index contributed by atoms with van der Waals surface area (Å²) in [5, 5.41) is 18.1. The second-order valence-corrected chi connectivity index (χ2v) is 13.7. The lowest BCUT2D eigenvalue weighted by Gasteiger charge is -1.99. The van der Waals surface area contributed by atoms with E-state index in [0.717, 1.165) is 12.4 Å². The first-order chi connectivity index (χ1) is 16.2. The number of pyridine rings is 4. The van der Waals surface area contributed by atoms with Crippen molar-refractivity contribution in [3.63, 3.8) is 0 Å². The zero-order valence-electron chi connectivity index (χ0n) is 16.4. The number of aromatic amines is 1. The number of hydrogen-bond donors (Lipinski definition) is 1. The number of aromatic nitrogens is 4. The summed E-state index contributed by atoms with van der Waals surface area (Å²) in [6.45, 7) is 0. The highest BCUT2D eigenvalue weighted by Gasteiger charge is 2.17. The first kappa shape index (κ1) is 28.9. The zero-order valence-corrected chi connectivity index (χ0v) is 21.8. The predicted octanol–water partition coefficient (Wildman–Crippen LogP) is 7.14. The monoisotopic (exact) mass is 620 g/mol. The van der Waals surface area contributed by atoms with Gasteiger partial charge in [-0.1, -0.05) is 34.8 Å². The lowest BCUT2D eigenvalue weighted by Crippen LogP contribution is -2.10. The summed E-state index contributed by atoms with van der Waals surface area (Å²) in [5.74, 6) is 0. The van der Waals surface area contributed by atoms with E-state index in [0.29, 0.717) is 11.0 Å². The van der Waals surface area contributed by atoms with Gasteiger partial charge in [-0.15, -0.1) is 0 Å². The van der Waals surface area contributed by atoms with Crippen LogP contribution in [-0.2, 0) is 4.57 Å². The van der Waals surface area contributed by atoms with E-state index in [9.17, 15) is 29.6 Å². The third kappa shape index (κ3) is 8.39. The summed E-state index contributed by atoms with van der Waals surface area (Å²) in [7, 11) is 0. The number of nitro groups is 2. The molecule has 0 aliphatic heterocycles. The summed E-state index contributed by atoms with van der Waals surface area (Å²) in [5.41, 5.74) is -0.479. The van der Waals surface area contributed by atoms with Gasteiger partial charge in [0.2, 0.25) is 0 Å². The Kier molecular flexibility index (Phi) is 9.99. The standard InChI is InChI=1S/C8H3Cl2N3O2.C8H4ClN3O3.Cl3OP/c9-6-2-1-4-8(12-6)7(10)5(3-11-4)13(14)15;9-6-2-1-4-7(11-6)8(13)5(3-10-4)12(14)15;1-5(2,3)4/h1-3H;1-3H,(H,10,13);. The summed E-state index contributed by atoms with van der Waals surface area (Å²) in [6, 6.07) is 6.17. The van der Waals surface area contributed by atoms with Crippen LogP contribution in [0.2, 0.25) is 15.3 Å². The second-order valence-electron chi connectivity index (χ2n) is 5.91. The topological polar surface area (TPSA) is 175 Å². The van der Waals surface area contributed by atoms with E-state index in [1.807, 2.05) is 0 Å². The first-order valence-electron chi connectivity index (χ1n) is 8.45. The number of fused-ring (bicyclic) bond motifs is 2. The van der Waals surface area contributed by atoms with Crippen LogP contribution in [0.3, 0.4) is 0 Å². The largest absolute Gasteiger partial charge is 0.354 e. The molecule has 0 spiro atoms.